The van der Waals surface area contributed by atoms with Crippen molar-refractivity contribution < 1.29 is 9.90 Å². The first-order valence-electron chi connectivity index (χ1n) is 9.93. The van der Waals surface area contributed by atoms with Gasteiger partial charge in [-0.3, -0.25) is 4.79 Å². The molecule has 1 aliphatic carbocycles. The summed E-state index contributed by atoms with van der Waals surface area (Å²) in [6.07, 6.45) is 4.81. The van der Waals surface area contributed by atoms with E-state index in [0.717, 1.165) is 55.6 Å². The van der Waals surface area contributed by atoms with Crippen molar-refractivity contribution >= 4 is 17.0 Å². The molecule has 1 N–H and O–H groups in total. The van der Waals surface area contributed by atoms with Gasteiger partial charge in [-0.2, -0.15) is 0 Å². The number of hydrogen-bond donors (Lipinski definition) is 1. The third-order valence-corrected chi connectivity index (χ3v) is 5.79. The van der Waals surface area contributed by atoms with Gasteiger partial charge < -0.3 is 9.67 Å². The van der Waals surface area contributed by atoms with Gasteiger partial charge in [-0.1, -0.05) is 49.7 Å². The molecular weight excluding hydrogens is 336 g/mol. The molecule has 0 aliphatic heterocycles. The van der Waals surface area contributed by atoms with Crippen molar-refractivity contribution in [2.75, 3.05) is 0 Å². The summed E-state index contributed by atoms with van der Waals surface area (Å²) >= 11 is 0. The molecule has 27 heavy (non-hydrogen) atoms. The van der Waals surface area contributed by atoms with Crippen LogP contribution in [0.2, 0.25) is 0 Å². The first-order valence-corrected chi connectivity index (χ1v) is 9.93. The lowest BCUT2D eigenvalue weighted by atomic mass is 9.88. The Labute approximate surface area is 159 Å². The van der Waals surface area contributed by atoms with Gasteiger partial charge in [0.1, 0.15) is 5.82 Å². The molecule has 3 aromatic rings. The van der Waals surface area contributed by atoms with Gasteiger partial charge in [-0.25, -0.2) is 4.98 Å². The molecule has 1 aromatic heterocycles. The second kappa shape index (κ2) is 7.55. The molecule has 1 saturated carbocycles. The summed E-state index contributed by atoms with van der Waals surface area (Å²) in [6, 6.07) is 16.8. The number of benzene rings is 2. The van der Waals surface area contributed by atoms with Crippen LogP contribution < -0.4 is 0 Å². The minimum atomic E-state index is -0.657. The van der Waals surface area contributed by atoms with Crippen LogP contribution in [0.1, 0.15) is 55.5 Å². The molecule has 0 spiro atoms. The standard InChI is InChI=1S/C23H26N2O2/c1-2-6-22-24-20-9-3-4-10-21(20)25(22)15-16-11-13-17(14-12-16)18-7-5-8-19(18)23(26)27/h3-4,9-14,18-19H,2,5-8,15H2,1H3,(H,26,27). The third-order valence-electron chi connectivity index (χ3n) is 5.79. The zero-order valence-electron chi connectivity index (χ0n) is 15.8. The van der Waals surface area contributed by atoms with Crippen molar-refractivity contribution in [3.63, 3.8) is 0 Å². The predicted octanol–water partition coefficient (Wildman–Crippen LogP) is 5.01. The predicted molar refractivity (Wildman–Crippen MR) is 107 cm³/mol. The molecular formula is C23H26N2O2. The molecule has 4 nitrogen and oxygen atoms in total. The van der Waals surface area contributed by atoms with E-state index in [2.05, 4.69) is 54.0 Å². The van der Waals surface area contributed by atoms with Crippen LogP contribution in [0.15, 0.2) is 48.5 Å². The topological polar surface area (TPSA) is 55.1 Å². The van der Waals surface area contributed by atoms with E-state index in [1.807, 2.05) is 6.07 Å². The van der Waals surface area contributed by atoms with E-state index in [1.54, 1.807) is 0 Å². The largest absolute Gasteiger partial charge is 0.481 e. The van der Waals surface area contributed by atoms with Gasteiger partial charge in [-0.15, -0.1) is 0 Å². The molecule has 1 heterocycles. The van der Waals surface area contributed by atoms with Crippen molar-refractivity contribution in [3.05, 3.63) is 65.5 Å². The lowest BCUT2D eigenvalue weighted by Crippen LogP contribution is -2.16. The molecule has 0 amide bonds. The van der Waals surface area contributed by atoms with Gasteiger partial charge in [-0.05, 0) is 48.4 Å². The van der Waals surface area contributed by atoms with E-state index in [1.165, 1.54) is 11.1 Å². The number of carboxylic acid groups (broad SMARTS) is 1. The fourth-order valence-electron chi connectivity index (χ4n) is 4.42. The van der Waals surface area contributed by atoms with Crippen LogP contribution >= 0.6 is 0 Å². The highest BCUT2D eigenvalue weighted by atomic mass is 16.4. The van der Waals surface area contributed by atoms with Crippen LogP contribution in [0.5, 0.6) is 0 Å². The van der Waals surface area contributed by atoms with Crippen LogP contribution in [0.4, 0.5) is 0 Å². The Morgan fingerprint density at radius 3 is 2.67 bits per heavy atom. The monoisotopic (exact) mass is 362 g/mol. The van der Waals surface area contributed by atoms with E-state index in [4.69, 9.17) is 4.98 Å². The molecule has 2 aromatic carbocycles. The molecule has 2 unspecified atom stereocenters. The number of hydrogen-bond acceptors (Lipinski definition) is 2. The maximum atomic E-state index is 11.5. The normalized spacial score (nSPS) is 19.6. The number of para-hydroxylation sites is 2. The Hall–Kier alpha value is -2.62. The van der Waals surface area contributed by atoms with Gasteiger partial charge in [0, 0.05) is 13.0 Å². The van der Waals surface area contributed by atoms with E-state index >= 15 is 0 Å². The summed E-state index contributed by atoms with van der Waals surface area (Å²) in [5.74, 6) is 0.394. The summed E-state index contributed by atoms with van der Waals surface area (Å²) in [5, 5.41) is 9.44. The lowest BCUT2D eigenvalue weighted by Gasteiger charge is -2.17. The third kappa shape index (κ3) is 3.48. The average Bonchev–Trinajstić information content (AvgIpc) is 3.29. The zero-order chi connectivity index (χ0) is 18.8. The Morgan fingerprint density at radius 2 is 1.93 bits per heavy atom. The van der Waals surface area contributed by atoms with Crippen LogP contribution in [0.3, 0.4) is 0 Å². The Morgan fingerprint density at radius 1 is 1.15 bits per heavy atom. The molecule has 4 heteroatoms. The minimum Gasteiger partial charge on any atom is -0.481 e. The van der Waals surface area contributed by atoms with Gasteiger partial charge in [0.05, 0.1) is 17.0 Å². The highest BCUT2D eigenvalue weighted by molar-refractivity contribution is 5.76. The molecule has 4 rings (SSSR count). The maximum absolute atomic E-state index is 11.5. The number of fused-ring (bicyclic) bond motifs is 1. The van der Waals surface area contributed by atoms with Gasteiger partial charge in [0.2, 0.25) is 0 Å². The Bertz CT molecular complexity index is 943. The molecule has 1 aliphatic rings. The average molecular weight is 362 g/mol. The number of aromatic nitrogens is 2. The SMILES string of the molecule is CCCc1nc2ccccc2n1Cc1ccc(C2CCCC2C(=O)O)cc1. The Kier molecular flexibility index (Phi) is 4.97. The highest BCUT2D eigenvalue weighted by Crippen LogP contribution is 2.39. The Balaban J connectivity index is 1.60. The fraction of sp³-hybridized carbons (Fsp3) is 0.391. The first-order chi connectivity index (χ1) is 13.2. The van der Waals surface area contributed by atoms with E-state index < -0.39 is 5.97 Å². The second-order valence-corrected chi connectivity index (χ2v) is 7.58. The van der Waals surface area contributed by atoms with Crippen LogP contribution in [-0.4, -0.2) is 20.6 Å². The second-order valence-electron chi connectivity index (χ2n) is 7.58. The number of aliphatic carboxylic acids is 1. The van der Waals surface area contributed by atoms with Crippen LogP contribution in [0, 0.1) is 5.92 Å². The summed E-state index contributed by atoms with van der Waals surface area (Å²) in [5.41, 5.74) is 4.61. The first kappa shape index (κ1) is 17.8. The van der Waals surface area contributed by atoms with Gasteiger partial charge in [0.25, 0.3) is 0 Å². The summed E-state index contributed by atoms with van der Waals surface area (Å²) in [4.78, 5) is 16.3. The van der Waals surface area contributed by atoms with E-state index in [-0.39, 0.29) is 11.8 Å². The highest BCUT2D eigenvalue weighted by Gasteiger charge is 2.33. The van der Waals surface area contributed by atoms with Crippen molar-refractivity contribution in [1.29, 1.82) is 0 Å². The van der Waals surface area contributed by atoms with Crippen LogP contribution in [-0.2, 0) is 17.8 Å². The number of nitrogens with zero attached hydrogens (tertiary/aromatic N) is 2. The summed E-state index contributed by atoms with van der Waals surface area (Å²) in [6.45, 7) is 2.97. The number of carbonyl (C=O) groups is 1. The van der Waals surface area contributed by atoms with E-state index in [0.29, 0.717) is 0 Å². The summed E-state index contributed by atoms with van der Waals surface area (Å²) < 4.78 is 2.31. The smallest absolute Gasteiger partial charge is 0.307 e. The van der Waals surface area contributed by atoms with Crippen molar-refractivity contribution in [2.24, 2.45) is 5.92 Å². The van der Waals surface area contributed by atoms with Crippen molar-refractivity contribution in [2.45, 2.75) is 51.5 Å². The molecule has 2 atom stereocenters. The lowest BCUT2D eigenvalue weighted by molar-refractivity contribution is -0.142. The zero-order valence-corrected chi connectivity index (χ0v) is 15.8. The quantitative estimate of drug-likeness (QED) is 0.671. The summed E-state index contributed by atoms with van der Waals surface area (Å²) in [7, 11) is 0. The van der Waals surface area contributed by atoms with E-state index in [9.17, 15) is 9.90 Å². The molecule has 140 valence electrons. The van der Waals surface area contributed by atoms with Crippen molar-refractivity contribution in [1.82, 2.24) is 9.55 Å². The number of carboxylic acids is 1. The molecule has 0 saturated heterocycles. The minimum absolute atomic E-state index is 0.154. The number of imidazole rings is 1. The molecule has 0 bridgehead atoms. The molecule has 1 fully saturated rings. The number of rotatable bonds is 6. The maximum Gasteiger partial charge on any atom is 0.307 e. The molecule has 0 radical (unpaired) electrons. The van der Waals surface area contributed by atoms with Gasteiger partial charge >= 0.3 is 5.97 Å². The van der Waals surface area contributed by atoms with Crippen LogP contribution in [0.25, 0.3) is 11.0 Å². The fourth-order valence-corrected chi connectivity index (χ4v) is 4.42. The number of aryl methyl sites for hydroxylation is 1. The van der Waals surface area contributed by atoms with Crippen molar-refractivity contribution in [3.8, 4) is 0 Å². The van der Waals surface area contributed by atoms with Gasteiger partial charge in [0.15, 0.2) is 0 Å².